The molecule has 1 aliphatic rings. The SMILES string of the molecule is CCCS(=O)(=O)NCC1(C(=O)O)CCC1. The molecule has 5 nitrogen and oxygen atoms in total. The number of carboxylic acids is 1. The molecule has 1 rings (SSSR count). The number of rotatable bonds is 6. The molecule has 88 valence electrons. The van der Waals surface area contributed by atoms with Crippen molar-refractivity contribution in [3.8, 4) is 0 Å². The second kappa shape index (κ2) is 4.49. The van der Waals surface area contributed by atoms with Crippen molar-refractivity contribution in [1.29, 1.82) is 0 Å². The maximum atomic E-state index is 11.3. The van der Waals surface area contributed by atoms with Crippen LogP contribution in [0.15, 0.2) is 0 Å². The molecule has 0 radical (unpaired) electrons. The summed E-state index contributed by atoms with van der Waals surface area (Å²) in [6.07, 6.45) is 2.53. The molecule has 15 heavy (non-hydrogen) atoms. The van der Waals surface area contributed by atoms with E-state index in [1.54, 1.807) is 6.92 Å². The van der Waals surface area contributed by atoms with E-state index >= 15 is 0 Å². The summed E-state index contributed by atoms with van der Waals surface area (Å²) in [5, 5.41) is 8.98. The van der Waals surface area contributed by atoms with Crippen LogP contribution in [0.25, 0.3) is 0 Å². The fourth-order valence-electron chi connectivity index (χ4n) is 1.66. The van der Waals surface area contributed by atoms with E-state index in [2.05, 4.69) is 4.72 Å². The van der Waals surface area contributed by atoms with E-state index in [9.17, 15) is 13.2 Å². The van der Waals surface area contributed by atoms with Crippen molar-refractivity contribution >= 4 is 16.0 Å². The summed E-state index contributed by atoms with van der Waals surface area (Å²) < 4.78 is 25.0. The van der Waals surface area contributed by atoms with Crippen LogP contribution in [-0.4, -0.2) is 31.8 Å². The Morgan fingerprint density at radius 2 is 2.07 bits per heavy atom. The Kier molecular flexibility index (Phi) is 3.72. The van der Waals surface area contributed by atoms with E-state index in [4.69, 9.17) is 5.11 Å². The lowest BCUT2D eigenvalue weighted by atomic mass is 9.69. The molecule has 0 heterocycles. The van der Waals surface area contributed by atoms with Crippen molar-refractivity contribution in [2.24, 2.45) is 5.41 Å². The van der Waals surface area contributed by atoms with Crippen LogP contribution in [0, 0.1) is 5.41 Å². The Hall–Kier alpha value is -0.620. The van der Waals surface area contributed by atoms with Gasteiger partial charge in [-0.2, -0.15) is 0 Å². The van der Waals surface area contributed by atoms with Crippen molar-refractivity contribution in [2.75, 3.05) is 12.3 Å². The highest BCUT2D eigenvalue weighted by Crippen LogP contribution is 2.40. The molecule has 0 saturated heterocycles. The van der Waals surface area contributed by atoms with Gasteiger partial charge in [-0.3, -0.25) is 4.79 Å². The van der Waals surface area contributed by atoms with Crippen LogP contribution < -0.4 is 4.72 Å². The number of hydrogen-bond acceptors (Lipinski definition) is 3. The van der Waals surface area contributed by atoms with Gasteiger partial charge in [0.2, 0.25) is 10.0 Å². The van der Waals surface area contributed by atoms with E-state index in [1.165, 1.54) is 0 Å². The summed E-state index contributed by atoms with van der Waals surface area (Å²) in [6, 6.07) is 0. The zero-order valence-electron chi connectivity index (χ0n) is 8.82. The summed E-state index contributed by atoms with van der Waals surface area (Å²) in [6.45, 7) is 1.81. The molecule has 1 saturated carbocycles. The van der Waals surface area contributed by atoms with Gasteiger partial charge in [-0.1, -0.05) is 13.3 Å². The molecule has 0 unspecified atom stereocenters. The fraction of sp³-hybridized carbons (Fsp3) is 0.889. The molecule has 0 amide bonds. The molecule has 0 aliphatic heterocycles. The van der Waals surface area contributed by atoms with Crippen molar-refractivity contribution < 1.29 is 18.3 Å². The first-order valence-electron chi connectivity index (χ1n) is 5.13. The fourth-order valence-corrected chi connectivity index (χ4v) is 2.84. The number of carboxylic acid groups (broad SMARTS) is 1. The third-order valence-corrected chi connectivity index (χ3v) is 4.40. The lowest BCUT2D eigenvalue weighted by molar-refractivity contribution is -0.153. The Labute approximate surface area is 89.9 Å². The lowest BCUT2D eigenvalue weighted by Gasteiger charge is -2.37. The predicted octanol–water partition coefficient (Wildman–Crippen LogP) is 0.571. The van der Waals surface area contributed by atoms with Crippen molar-refractivity contribution in [1.82, 2.24) is 4.72 Å². The maximum absolute atomic E-state index is 11.3. The Balaban J connectivity index is 2.52. The Morgan fingerprint density at radius 3 is 2.40 bits per heavy atom. The van der Waals surface area contributed by atoms with Crippen LogP contribution in [0.5, 0.6) is 0 Å². The standard InChI is InChI=1S/C9H17NO4S/c1-2-6-15(13,14)10-7-9(8(11)12)4-3-5-9/h10H,2-7H2,1H3,(H,11,12). The smallest absolute Gasteiger partial charge is 0.310 e. The molecule has 1 aliphatic carbocycles. The average molecular weight is 235 g/mol. The Morgan fingerprint density at radius 1 is 1.47 bits per heavy atom. The van der Waals surface area contributed by atoms with Gasteiger partial charge < -0.3 is 5.11 Å². The molecule has 0 aromatic heterocycles. The van der Waals surface area contributed by atoms with Crippen molar-refractivity contribution in [3.63, 3.8) is 0 Å². The second-order valence-electron chi connectivity index (χ2n) is 4.08. The first-order valence-corrected chi connectivity index (χ1v) is 6.78. The largest absolute Gasteiger partial charge is 0.481 e. The summed E-state index contributed by atoms with van der Waals surface area (Å²) in [5.41, 5.74) is -0.846. The minimum Gasteiger partial charge on any atom is -0.481 e. The normalized spacial score (nSPS) is 19.5. The molecular formula is C9H17NO4S. The molecule has 0 aromatic rings. The molecule has 0 atom stereocenters. The van der Waals surface area contributed by atoms with Crippen LogP contribution in [0.3, 0.4) is 0 Å². The lowest BCUT2D eigenvalue weighted by Crippen LogP contribution is -2.47. The van der Waals surface area contributed by atoms with Crippen LogP contribution in [0.4, 0.5) is 0 Å². The molecule has 6 heteroatoms. The number of aliphatic carboxylic acids is 1. The van der Waals surface area contributed by atoms with Gasteiger partial charge in [0.25, 0.3) is 0 Å². The minimum atomic E-state index is -3.29. The number of nitrogens with one attached hydrogen (secondary N) is 1. The highest BCUT2D eigenvalue weighted by Gasteiger charge is 2.44. The summed E-state index contributed by atoms with van der Waals surface area (Å²) in [7, 11) is -3.29. The van der Waals surface area contributed by atoms with Gasteiger partial charge in [-0.15, -0.1) is 0 Å². The quantitative estimate of drug-likeness (QED) is 0.705. The van der Waals surface area contributed by atoms with E-state index in [-0.39, 0.29) is 12.3 Å². The highest BCUT2D eigenvalue weighted by atomic mass is 32.2. The highest BCUT2D eigenvalue weighted by molar-refractivity contribution is 7.89. The number of sulfonamides is 1. The third kappa shape index (κ3) is 2.92. The molecule has 0 bridgehead atoms. The third-order valence-electron chi connectivity index (χ3n) is 2.87. The van der Waals surface area contributed by atoms with Gasteiger partial charge in [0.15, 0.2) is 0 Å². The van der Waals surface area contributed by atoms with E-state index in [0.29, 0.717) is 19.3 Å². The molecule has 2 N–H and O–H groups in total. The Bertz CT molecular complexity index is 332. The molecular weight excluding hydrogens is 218 g/mol. The van der Waals surface area contributed by atoms with Crippen LogP contribution in [-0.2, 0) is 14.8 Å². The molecule has 1 fully saturated rings. The maximum Gasteiger partial charge on any atom is 0.310 e. The summed E-state index contributed by atoms with van der Waals surface area (Å²) in [5.74, 6) is -0.837. The predicted molar refractivity (Wildman–Crippen MR) is 56.0 cm³/mol. The van der Waals surface area contributed by atoms with Gasteiger partial charge in [0.05, 0.1) is 11.2 Å². The van der Waals surface area contributed by atoms with Gasteiger partial charge in [-0.05, 0) is 19.3 Å². The summed E-state index contributed by atoms with van der Waals surface area (Å²) >= 11 is 0. The van der Waals surface area contributed by atoms with E-state index in [1.807, 2.05) is 0 Å². The van der Waals surface area contributed by atoms with Crippen molar-refractivity contribution in [3.05, 3.63) is 0 Å². The second-order valence-corrected chi connectivity index (χ2v) is 6.01. The first kappa shape index (κ1) is 12.4. The zero-order valence-corrected chi connectivity index (χ0v) is 9.64. The monoisotopic (exact) mass is 235 g/mol. The van der Waals surface area contributed by atoms with Gasteiger partial charge >= 0.3 is 5.97 Å². The van der Waals surface area contributed by atoms with Crippen LogP contribution >= 0.6 is 0 Å². The minimum absolute atomic E-state index is 0.0324. The zero-order chi connectivity index (χ0) is 11.5. The molecule has 0 aromatic carbocycles. The van der Waals surface area contributed by atoms with Gasteiger partial charge in [0, 0.05) is 6.54 Å². The number of carbonyl (C=O) groups is 1. The first-order chi connectivity index (χ1) is 6.92. The van der Waals surface area contributed by atoms with E-state index < -0.39 is 21.4 Å². The number of hydrogen-bond donors (Lipinski definition) is 2. The van der Waals surface area contributed by atoms with Gasteiger partial charge in [-0.25, -0.2) is 13.1 Å². The average Bonchev–Trinajstić information content (AvgIpc) is 2.00. The van der Waals surface area contributed by atoms with E-state index in [0.717, 1.165) is 6.42 Å². The topological polar surface area (TPSA) is 83.5 Å². The van der Waals surface area contributed by atoms with Crippen molar-refractivity contribution in [2.45, 2.75) is 32.6 Å². The summed E-state index contributed by atoms with van der Waals surface area (Å²) in [4.78, 5) is 10.9. The van der Waals surface area contributed by atoms with Crippen LogP contribution in [0.1, 0.15) is 32.6 Å². The molecule has 0 spiro atoms. The van der Waals surface area contributed by atoms with Gasteiger partial charge in [0.1, 0.15) is 0 Å². The van der Waals surface area contributed by atoms with Crippen LogP contribution in [0.2, 0.25) is 0 Å².